The summed E-state index contributed by atoms with van der Waals surface area (Å²) < 4.78 is 0. The van der Waals surface area contributed by atoms with E-state index in [2.05, 4.69) is 5.32 Å². The van der Waals surface area contributed by atoms with E-state index in [0.29, 0.717) is 23.6 Å². The molecule has 0 atom stereocenters. The first kappa shape index (κ1) is 16.2. The van der Waals surface area contributed by atoms with Crippen molar-refractivity contribution in [1.82, 2.24) is 4.90 Å². The number of hydrogen-bond donors (Lipinski definition) is 1. The molecule has 0 radical (unpaired) electrons. The zero-order chi connectivity index (χ0) is 16.1. The number of Topliss-reactive ketones (excluding diaryl/α,β-unsaturated/α-hetero) is 1. The largest absolute Gasteiger partial charge is 0.343 e. The number of nitrogens with zero attached hydrogens (tertiary/aromatic N) is 1. The molecule has 1 fully saturated rings. The van der Waals surface area contributed by atoms with Crippen LogP contribution in [0.1, 0.15) is 43.5 Å². The topological polar surface area (TPSA) is 66.5 Å². The first-order valence-corrected chi connectivity index (χ1v) is 7.62. The average Bonchev–Trinajstić information content (AvgIpc) is 2.47. The Hall–Kier alpha value is -2.17. The van der Waals surface area contributed by atoms with Gasteiger partial charge in [-0.25, -0.2) is 0 Å². The Kier molecular flexibility index (Phi) is 5.31. The van der Waals surface area contributed by atoms with Crippen LogP contribution in [0, 0.1) is 5.92 Å². The van der Waals surface area contributed by atoms with Gasteiger partial charge in [0, 0.05) is 37.7 Å². The maximum absolute atomic E-state index is 12.1. The lowest BCUT2D eigenvalue weighted by Crippen LogP contribution is -2.37. The van der Waals surface area contributed by atoms with Crippen LogP contribution in [0.25, 0.3) is 0 Å². The summed E-state index contributed by atoms with van der Waals surface area (Å²) in [5.74, 6) is 0.352. The number of rotatable bonds is 4. The highest BCUT2D eigenvalue weighted by Gasteiger charge is 2.22. The van der Waals surface area contributed by atoms with E-state index in [9.17, 15) is 14.4 Å². The van der Waals surface area contributed by atoms with Gasteiger partial charge in [0.2, 0.25) is 11.8 Å². The molecular formula is C17H22N2O3. The van der Waals surface area contributed by atoms with E-state index >= 15 is 0 Å². The predicted octanol–water partition coefficient (Wildman–Crippen LogP) is 2.48. The summed E-state index contributed by atoms with van der Waals surface area (Å²) in [5, 5.41) is 2.85. The molecule has 22 heavy (non-hydrogen) atoms. The molecule has 1 saturated heterocycles. The normalized spacial score (nSPS) is 15.5. The lowest BCUT2D eigenvalue weighted by molar-refractivity contribution is -0.130. The quantitative estimate of drug-likeness (QED) is 0.869. The Bertz CT molecular complexity index is 575. The third-order valence-electron chi connectivity index (χ3n) is 4.09. The van der Waals surface area contributed by atoms with Crippen LogP contribution < -0.4 is 5.32 Å². The summed E-state index contributed by atoms with van der Waals surface area (Å²) in [4.78, 5) is 36.5. The van der Waals surface area contributed by atoms with Crippen LogP contribution in [0.3, 0.4) is 0 Å². The van der Waals surface area contributed by atoms with E-state index in [1.165, 1.54) is 6.92 Å². The van der Waals surface area contributed by atoms with Gasteiger partial charge in [-0.05, 0) is 37.8 Å². The molecule has 2 rings (SSSR count). The van der Waals surface area contributed by atoms with Gasteiger partial charge in [-0.1, -0.05) is 12.1 Å². The van der Waals surface area contributed by atoms with Crippen LogP contribution >= 0.6 is 0 Å². The molecule has 5 nitrogen and oxygen atoms in total. The molecule has 1 heterocycles. The van der Waals surface area contributed by atoms with Crippen LogP contribution in [-0.2, 0) is 9.59 Å². The van der Waals surface area contributed by atoms with Gasteiger partial charge in [-0.15, -0.1) is 0 Å². The minimum absolute atomic E-state index is 0.0206. The van der Waals surface area contributed by atoms with E-state index < -0.39 is 0 Å². The van der Waals surface area contributed by atoms with Crippen molar-refractivity contribution in [2.75, 3.05) is 18.4 Å². The Balaban J connectivity index is 1.85. The van der Waals surface area contributed by atoms with Crippen molar-refractivity contribution in [2.45, 2.75) is 33.1 Å². The van der Waals surface area contributed by atoms with Crippen molar-refractivity contribution in [2.24, 2.45) is 5.92 Å². The minimum Gasteiger partial charge on any atom is -0.343 e. The number of anilines is 1. The van der Waals surface area contributed by atoms with Crippen molar-refractivity contribution < 1.29 is 14.4 Å². The predicted molar refractivity (Wildman–Crippen MR) is 84.7 cm³/mol. The molecule has 0 unspecified atom stereocenters. The molecule has 0 spiro atoms. The fourth-order valence-corrected chi connectivity index (χ4v) is 2.74. The Morgan fingerprint density at radius 2 is 1.86 bits per heavy atom. The Morgan fingerprint density at radius 3 is 2.45 bits per heavy atom. The monoisotopic (exact) mass is 302 g/mol. The molecule has 1 aromatic rings. The number of carbonyl (C=O) groups is 3. The molecule has 1 aliphatic rings. The zero-order valence-corrected chi connectivity index (χ0v) is 13.1. The van der Waals surface area contributed by atoms with Gasteiger partial charge < -0.3 is 10.2 Å². The lowest BCUT2D eigenvalue weighted by Gasteiger charge is -2.30. The molecular weight excluding hydrogens is 280 g/mol. The van der Waals surface area contributed by atoms with Crippen molar-refractivity contribution in [3.05, 3.63) is 29.8 Å². The third-order valence-corrected chi connectivity index (χ3v) is 4.09. The molecule has 1 aromatic carbocycles. The van der Waals surface area contributed by atoms with Crippen molar-refractivity contribution in [3.63, 3.8) is 0 Å². The third kappa shape index (κ3) is 4.41. The van der Waals surface area contributed by atoms with Crippen LogP contribution in [0.15, 0.2) is 24.3 Å². The smallest absolute Gasteiger partial charge is 0.224 e. The molecule has 1 N–H and O–H groups in total. The number of carbonyl (C=O) groups excluding carboxylic acids is 3. The number of amides is 2. The van der Waals surface area contributed by atoms with Crippen molar-refractivity contribution in [1.29, 1.82) is 0 Å². The number of benzene rings is 1. The van der Waals surface area contributed by atoms with Gasteiger partial charge in [0.05, 0.1) is 0 Å². The van der Waals surface area contributed by atoms with Crippen LogP contribution in [0.5, 0.6) is 0 Å². The summed E-state index contributed by atoms with van der Waals surface area (Å²) in [6, 6.07) is 6.97. The van der Waals surface area contributed by atoms with E-state index in [0.717, 1.165) is 25.9 Å². The highest BCUT2D eigenvalue weighted by molar-refractivity contribution is 5.97. The second kappa shape index (κ2) is 7.20. The van der Waals surface area contributed by atoms with Gasteiger partial charge in [-0.3, -0.25) is 14.4 Å². The first-order chi connectivity index (χ1) is 10.5. The highest BCUT2D eigenvalue weighted by atomic mass is 16.2. The van der Waals surface area contributed by atoms with E-state index in [4.69, 9.17) is 0 Å². The second-order valence-corrected chi connectivity index (χ2v) is 5.84. The molecule has 0 saturated carbocycles. The number of nitrogens with one attached hydrogen (secondary N) is 1. The molecule has 5 heteroatoms. The summed E-state index contributed by atoms with van der Waals surface area (Å²) in [7, 11) is 0. The van der Waals surface area contributed by atoms with Gasteiger partial charge in [-0.2, -0.15) is 0 Å². The molecule has 0 aromatic heterocycles. The average molecular weight is 302 g/mol. The molecule has 2 amide bonds. The number of likely N-dealkylation sites (tertiary alicyclic amines) is 1. The van der Waals surface area contributed by atoms with Crippen LogP contribution in [-0.4, -0.2) is 35.6 Å². The van der Waals surface area contributed by atoms with E-state index in [-0.39, 0.29) is 17.6 Å². The van der Waals surface area contributed by atoms with Crippen LogP contribution in [0.4, 0.5) is 5.69 Å². The van der Waals surface area contributed by atoms with Gasteiger partial charge in [0.1, 0.15) is 0 Å². The van der Waals surface area contributed by atoms with Gasteiger partial charge in [0.25, 0.3) is 0 Å². The first-order valence-electron chi connectivity index (χ1n) is 7.62. The number of hydrogen-bond acceptors (Lipinski definition) is 3. The maximum atomic E-state index is 12.1. The fraction of sp³-hybridized carbons (Fsp3) is 0.471. The second-order valence-electron chi connectivity index (χ2n) is 5.84. The van der Waals surface area contributed by atoms with Crippen molar-refractivity contribution >= 4 is 23.3 Å². The lowest BCUT2D eigenvalue weighted by atomic mass is 9.93. The minimum atomic E-state index is -0.0398. The molecule has 118 valence electrons. The van der Waals surface area contributed by atoms with Gasteiger partial charge >= 0.3 is 0 Å². The summed E-state index contributed by atoms with van der Waals surface area (Å²) in [5.41, 5.74) is 1.24. The van der Waals surface area contributed by atoms with E-state index in [1.807, 2.05) is 4.90 Å². The van der Waals surface area contributed by atoms with E-state index in [1.54, 1.807) is 31.2 Å². The van der Waals surface area contributed by atoms with Crippen molar-refractivity contribution in [3.8, 4) is 0 Å². The Labute approximate surface area is 130 Å². The SMILES string of the molecule is CC(=O)c1cccc(NC(=O)CC2CCN(C(C)=O)CC2)c1. The highest BCUT2D eigenvalue weighted by Crippen LogP contribution is 2.21. The maximum Gasteiger partial charge on any atom is 0.224 e. The van der Waals surface area contributed by atoms with Gasteiger partial charge in [0.15, 0.2) is 5.78 Å². The number of piperidine rings is 1. The standard InChI is InChI=1S/C17H22N2O3/c1-12(20)15-4-3-5-16(11-15)18-17(22)10-14-6-8-19(9-7-14)13(2)21/h3-5,11,14H,6-10H2,1-2H3,(H,18,22). The summed E-state index contributed by atoms with van der Waals surface area (Å²) >= 11 is 0. The summed E-state index contributed by atoms with van der Waals surface area (Å²) in [6.07, 6.45) is 2.18. The fourth-order valence-electron chi connectivity index (χ4n) is 2.74. The molecule has 0 bridgehead atoms. The number of ketones is 1. The Morgan fingerprint density at radius 1 is 1.18 bits per heavy atom. The van der Waals surface area contributed by atoms with Crippen LogP contribution in [0.2, 0.25) is 0 Å². The molecule has 0 aliphatic carbocycles. The summed E-state index contributed by atoms with van der Waals surface area (Å²) in [6.45, 7) is 4.54. The molecule has 1 aliphatic heterocycles. The zero-order valence-electron chi connectivity index (χ0n) is 13.1.